The Kier molecular flexibility index (Phi) is 4.17. The van der Waals surface area contributed by atoms with Crippen LogP contribution in [0.3, 0.4) is 0 Å². The third-order valence-electron chi connectivity index (χ3n) is 3.28. The van der Waals surface area contributed by atoms with Crippen molar-refractivity contribution in [1.82, 2.24) is 0 Å². The number of anilines is 2. The second kappa shape index (κ2) is 5.99. The van der Waals surface area contributed by atoms with Crippen molar-refractivity contribution in [3.8, 4) is 5.75 Å². The van der Waals surface area contributed by atoms with Crippen molar-refractivity contribution in [1.29, 1.82) is 0 Å². The van der Waals surface area contributed by atoms with Crippen LogP contribution in [-0.2, 0) is 21.2 Å². The minimum atomic E-state index is -3.72. The van der Waals surface area contributed by atoms with Crippen LogP contribution in [0.1, 0.15) is 12.5 Å². The fraction of sp³-hybridized carbons (Fsp3) is 0.214. The fourth-order valence-electron chi connectivity index (χ4n) is 2.29. The molecule has 0 bridgehead atoms. The average Bonchev–Trinajstić information content (AvgIpc) is 2.94. The van der Waals surface area contributed by atoms with E-state index in [2.05, 4.69) is 10.0 Å². The number of fused-ring (bicyclic) bond motifs is 1. The highest BCUT2D eigenvalue weighted by molar-refractivity contribution is 7.94. The lowest BCUT2D eigenvalue weighted by atomic mass is 10.1. The Bertz CT molecular complexity index is 847. The molecule has 1 aliphatic rings. The van der Waals surface area contributed by atoms with Gasteiger partial charge in [-0.2, -0.15) is 0 Å². The van der Waals surface area contributed by atoms with Gasteiger partial charge >= 0.3 is 0 Å². The number of phenols is 1. The van der Waals surface area contributed by atoms with Crippen LogP contribution in [0.15, 0.2) is 33.9 Å². The number of aromatic hydroxyl groups is 1. The van der Waals surface area contributed by atoms with Crippen LogP contribution in [0.2, 0.25) is 0 Å². The van der Waals surface area contributed by atoms with Crippen molar-refractivity contribution < 1.29 is 18.3 Å². The Labute approximate surface area is 143 Å². The normalized spacial score (nSPS) is 17.6. The second-order valence-corrected chi connectivity index (χ2v) is 8.34. The first-order valence-electron chi connectivity index (χ1n) is 6.75. The third-order valence-corrected chi connectivity index (χ3v) is 6.24. The van der Waals surface area contributed by atoms with Crippen LogP contribution in [0.4, 0.5) is 11.4 Å². The molecule has 0 saturated carbocycles. The van der Waals surface area contributed by atoms with E-state index in [9.17, 15) is 13.5 Å². The number of thiophene rings is 1. The first-order chi connectivity index (χ1) is 10.8. The number of nitrogens with one attached hydrogen (secondary N) is 2. The molecule has 0 amide bonds. The van der Waals surface area contributed by atoms with Crippen LogP contribution in [-0.4, -0.2) is 24.8 Å². The summed E-state index contributed by atoms with van der Waals surface area (Å²) in [6, 6.07) is 6.19. The number of hydrogen-bond acceptors (Lipinski definition) is 6. The predicted molar refractivity (Wildman–Crippen MR) is 93.7 cm³/mol. The molecular formula is C14H14N2O4S3. The lowest BCUT2D eigenvalue weighted by molar-refractivity contribution is 0.217. The van der Waals surface area contributed by atoms with Gasteiger partial charge in [-0.3, -0.25) is 4.72 Å². The molecule has 0 aliphatic carbocycles. The molecule has 23 heavy (non-hydrogen) atoms. The van der Waals surface area contributed by atoms with E-state index in [1.165, 1.54) is 12.1 Å². The Morgan fingerprint density at radius 3 is 2.96 bits per heavy atom. The number of benzene rings is 1. The van der Waals surface area contributed by atoms with Gasteiger partial charge in [0.25, 0.3) is 15.2 Å². The van der Waals surface area contributed by atoms with Crippen LogP contribution >= 0.6 is 23.6 Å². The molecule has 2 heterocycles. The summed E-state index contributed by atoms with van der Waals surface area (Å²) in [6.45, 7) is 1.87. The zero-order valence-electron chi connectivity index (χ0n) is 12.1. The zero-order chi connectivity index (χ0) is 16.6. The first kappa shape index (κ1) is 16.0. The van der Waals surface area contributed by atoms with E-state index >= 15 is 0 Å². The Morgan fingerprint density at radius 2 is 2.26 bits per heavy atom. The highest BCUT2D eigenvalue weighted by Gasteiger charge is 2.22. The van der Waals surface area contributed by atoms with E-state index in [-0.39, 0.29) is 26.9 Å². The Hall–Kier alpha value is -1.84. The van der Waals surface area contributed by atoms with E-state index in [0.29, 0.717) is 12.1 Å². The highest BCUT2D eigenvalue weighted by Crippen LogP contribution is 2.34. The van der Waals surface area contributed by atoms with Gasteiger partial charge in [0.15, 0.2) is 0 Å². The molecule has 1 atom stereocenters. The molecule has 0 radical (unpaired) electrons. The van der Waals surface area contributed by atoms with E-state index in [1.54, 1.807) is 17.5 Å². The average molecular weight is 370 g/mol. The summed E-state index contributed by atoms with van der Waals surface area (Å²) >= 11 is 6.14. The molecule has 122 valence electrons. The van der Waals surface area contributed by atoms with Gasteiger partial charge in [0.1, 0.15) is 16.1 Å². The van der Waals surface area contributed by atoms with Crippen LogP contribution < -0.4 is 10.0 Å². The maximum atomic E-state index is 12.3. The number of rotatable bonds is 3. The van der Waals surface area contributed by atoms with Crippen LogP contribution in [0.25, 0.3) is 0 Å². The molecule has 1 unspecified atom stereocenters. The summed E-state index contributed by atoms with van der Waals surface area (Å²) < 4.78 is 32.6. The monoisotopic (exact) mass is 370 g/mol. The van der Waals surface area contributed by atoms with Gasteiger partial charge in [-0.1, -0.05) is 6.07 Å². The largest absolute Gasteiger partial charge is 0.506 e. The van der Waals surface area contributed by atoms with Gasteiger partial charge in [0.2, 0.25) is 0 Å². The Balaban J connectivity index is 1.97. The molecule has 0 spiro atoms. The van der Waals surface area contributed by atoms with Crippen molar-refractivity contribution in [2.45, 2.75) is 23.7 Å². The van der Waals surface area contributed by atoms with Gasteiger partial charge in [-0.15, -0.1) is 11.3 Å². The van der Waals surface area contributed by atoms with Crippen molar-refractivity contribution >= 4 is 50.1 Å². The van der Waals surface area contributed by atoms with E-state index in [1.807, 2.05) is 6.92 Å². The lowest BCUT2D eigenvalue weighted by Crippen LogP contribution is -2.16. The van der Waals surface area contributed by atoms with Crippen LogP contribution in [0.5, 0.6) is 5.75 Å². The minimum Gasteiger partial charge on any atom is -0.506 e. The SMILES string of the molecule is CC1Cc2cc(NS(=O)(=O)c3cccs3)c(O)cc2NC(=S)O1. The van der Waals surface area contributed by atoms with Crippen molar-refractivity contribution in [3.63, 3.8) is 0 Å². The summed E-state index contributed by atoms with van der Waals surface area (Å²) in [7, 11) is -3.72. The second-order valence-electron chi connectivity index (χ2n) is 5.11. The first-order valence-corrected chi connectivity index (χ1v) is 9.52. The van der Waals surface area contributed by atoms with Gasteiger partial charge in [-0.25, -0.2) is 8.42 Å². The molecule has 2 aromatic rings. The van der Waals surface area contributed by atoms with Gasteiger partial charge in [0, 0.05) is 18.2 Å². The van der Waals surface area contributed by atoms with E-state index < -0.39 is 10.0 Å². The van der Waals surface area contributed by atoms with Gasteiger partial charge in [-0.05, 0) is 42.2 Å². The molecule has 1 aromatic carbocycles. The quantitative estimate of drug-likeness (QED) is 0.569. The Morgan fingerprint density at radius 1 is 1.48 bits per heavy atom. The molecule has 6 nitrogen and oxygen atoms in total. The number of thiocarbonyl (C=S) groups is 1. The minimum absolute atomic E-state index is 0.124. The number of sulfonamides is 1. The van der Waals surface area contributed by atoms with Crippen molar-refractivity contribution in [2.24, 2.45) is 0 Å². The number of phenolic OH excluding ortho intramolecular Hbond substituents is 1. The van der Waals surface area contributed by atoms with Crippen molar-refractivity contribution in [3.05, 3.63) is 35.2 Å². The molecule has 0 saturated heterocycles. The van der Waals surface area contributed by atoms with Crippen molar-refractivity contribution in [2.75, 3.05) is 10.0 Å². The molecule has 1 aliphatic heterocycles. The van der Waals surface area contributed by atoms with Gasteiger partial charge < -0.3 is 15.2 Å². The highest BCUT2D eigenvalue weighted by atomic mass is 32.2. The summed E-state index contributed by atoms with van der Waals surface area (Å²) in [4.78, 5) is 0. The molecular weight excluding hydrogens is 356 g/mol. The maximum Gasteiger partial charge on any atom is 0.271 e. The van der Waals surface area contributed by atoms with E-state index in [4.69, 9.17) is 17.0 Å². The number of hydrogen-bond donors (Lipinski definition) is 3. The molecule has 0 fully saturated rings. The van der Waals surface area contributed by atoms with Gasteiger partial charge in [0.05, 0.1) is 5.69 Å². The maximum absolute atomic E-state index is 12.3. The predicted octanol–water partition coefficient (Wildman–Crippen LogP) is 2.91. The smallest absolute Gasteiger partial charge is 0.271 e. The standard InChI is InChI=1S/C14H14N2O4S3/c1-8-5-9-6-11(12(17)7-10(9)15-14(21)20-8)16-23(18,19)13-3-2-4-22-13/h2-4,6-8,16-17H,5H2,1H3,(H,15,21). The summed E-state index contributed by atoms with van der Waals surface area (Å²) in [5.41, 5.74) is 1.54. The summed E-state index contributed by atoms with van der Waals surface area (Å²) in [5.74, 6) is -0.186. The topological polar surface area (TPSA) is 87.7 Å². The molecule has 1 aromatic heterocycles. The summed E-state index contributed by atoms with van der Waals surface area (Å²) in [5, 5.41) is 14.9. The fourth-order valence-corrected chi connectivity index (χ4v) is 4.62. The van der Waals surface area contributed by atoms with Crippen LogP contribution in [0, 0.1) is 0 Å². The molecule has 3 rings (SSSR count). The molecule has 9 heteroatoms. The number of ether oxygens (including phenoxy) is 1. The lowest BCUT2D eigenvalue weighted by Gasteiger charge is -2.13. The zero-order valence-corrected chi connectivity index (χ0v) is 14.5. The summed E-state index contributed by atoms with van der Waals surface area (Å²) in [6.07, 6.45) is 0.388. The van der Waals surface area contributed by atoms with E-state index in [0.717, 1.165) is 16.9 Å². The molecule has 3 N–H and O–H groups in total. The third kappa shape index (κ3) is 3.41.